The summed E-state index contributed by atoms with van der Waals surface area (Å²) in [6.07, 6.45) is 2.99. The number of fused-ring (bicyclic) bond motifs is 1. The zero-order valence-electron chi connectivity index (χ0n) is 13.0. The van der Waals surface area contributed by atoms with Crippen LogP contribution in [0.4, 0.5) is 10.8 Å². The van der Waals surface area contributed by atoms with Gasteiger partial charge in [0.15, 0.2) is 5.13 Å². The summed E-state index contributed by atoms with van der Waals surface area (Å²) < 4.78 is 1.13. The summed E-state index contributed by atoms with van der Waals surface area (Å²) in [5.74, 6) is 0.0352. The first-order chi connectivity index (χ1) is 10.3. The zero-order chi connectivity index (χ0) is 14.7. The predicted octanol–water partition coefficient (Wildman–Crippen LogP) is 3.29. The van der Waals surface area contributed by atoms with E-state index in [4.69, 9.17) is 0 Å². The van der Waals surface area contributed by atoms with Crippen LogP contribution in [0.3, 0.4) is 0 Å². The molecule has 0 unspecified atom stereocenters. The van der Waals surface area contributed by atoms with Gasteiger partial charge in [0.1, 0.15) is 0 Å². The molecule has 1 aromatic carbocycles. The van der Waals surface area contributed by atoms with Gasteiger partial charge in [-0.15, -0.1) is 24.8 Å². The van der Waals surface area contributed by atoms with Crippen molar-refractivity contribution in [3.05, 3.63) is 18.2 Å². The molecule has 0 bridgehead atoms. The Morgan fingerprint density at radius 3 is 2.74 bits per heavy atom. The molecule has 0 aliphatic carbocycles. The van der Waals surface area contributed by atoms with Crippen molar-refractivity contribution in [2.45, 2.75) is 19.3 Å². The lowest BCUT2D eigenvalue weighted by atomic mass is 10.3. The van der Waals surface area contributed by atoms with Crippen molar-refractivity contribution in [3.63, 3.8) is 0 Å². The van der Waals surface area contributed by atoms with Crippen LogP contribution in [0.5, 0.6) is 0 Å². The number of halogens is 2. The van der Waals surface area contributed by atoms with Crippen molar-refractivity contribution in [2.24, 2.45) is 0 Å². The molecule has 3 rings (SSSR count). The third kappa shape index (κ3) is 4.94. The van der Waals surface area contributed by atoms with Crippen molar-refractivity contribution in [1.82, 2.24) is 10.3 Å². The van der Waals surface area contributed by atoms with Gasteiger partial charge in [0.25, 0.3) is 0 Å². The van der Waals surface area contributed by atoms with Gasteiger partial charge in [-0.1, -0.05) is 11.3 Å². The lowest BCUT2D eigenvalue weighted by Crippen LogP contribution is -2.18. The van der Waals surface area contributed by atoms with Crippen molar-refractivity contribution < 1.29 is 4.79 Å². The number of thiazole rings is 1. The van der Waals surface area contributed by atoms with E-state index in [1.165, 1.54) is 12.8 Å². The lowest BCUT2D eigenvalue weighted by molar-refractivity contribution is -0.116. The van der Waals surface area contributed by atoms with Gasteiger partial charge in [-0.05, 0) is 38.1 Å². The van der Waals surface area contributed by atoms with Crippen molar-refractivity contribution in [3.8, 4) is 0 Å². The van der Waals surface area contributed by atoms with E-state index in [0.717, 1.165) is 34.1 Å². The number of benzene rings is 1. The number of aromatic nitrogens is 1. The largest absolute Gasteiger partial charge is 0.348 e. The van der Waals surface area contributed by atoms with Crippen LogP contribution in [0.2, 0.25) is 0 Å². The van der Waals surface area contributed by atoms with Gasteiger partial charge < -0.3 is 15.5 Å². The molecule has 1 aromatic heterocycles. The molecule has 8 heteroatoms. The van der Waals surface area contributed by atoms with Crippen LogP contribution >= 0.6 is 36.2 Å². The quantitative estimate of drug-likeness (QED) is 0.840. The van der Waals surface area contributed by atoms with Crippen molar-refractivity contribution in [2.75, 3.05) is 36.9 Å². The molecular formula is C15H22Cl2N4OS. The molecule has 1 aliphatic heterocycles. The fraction of sp³-hybridized carbons (Fsp3) is 0.467. The fourth-order valence-corrected chi connectivity index (χ4v) is 3.55. The summed E-state index contributed by atoms with van der Waals surface area (Å²) >= 11 is 1.70. The number of nitrogens with one attached hydrogen (secondary N) is 2. The highest BCUT2D eigenvalue weighted by atomic mass is 35.5. The van der Waals surface area contributed by atoms with Crippen molar-refractivity contribution >= 4 is 63.1 Å². The number of hydrogen-bond acceptors (Lipinski definition) is 5. The average molecular weight is 377 g/mol. The Balaban J connectivity index is 0.00000132. The summed E-state index contributed by atoms with van der Waals surface area (Å²) in [6.45, 7) is 2.90. The van der Waals surface area contributed by atoms with Crippen LogP contribution in [-0.2, 0) is 4.79 Å². The summed E-state index contributed by atoms with van der Waals surface area (Å²) in [6, 6.07) is 5.93. The highest BCUT2D eigenvalue weighted by molar-refractivity contribution is 7.22. The van der Waals surface area contributed by atoms with Gasteiger partial charge in [0.2, 0.25) is 5.91 Å². The first-order valence-corrected chi connectivity index (χ1v) is 8.18. The lowest BCUT2D eigenvalue weighted by Gasteiger charge is -2.11. The first-order valence-electron chi connectivity index (χ1n) is 7.36. The van der Waals surface area contributed by atoms with E-state index in [0.29, 0.717) is 13.0 Å². The SMILES string of the molecule is CNCCC(=O)Nc1ccc2nc(N3CCCC3)sc2c1.Cl.Cl. The maximum absolute atomic E-state index is 11.8. The van der Waals surface area contributed by atoms with E-state index in [-0.39, 0.29) is 30.7 Å². The molecule has 2 N–H and O–H groups in total. The third-order valence-corrected chi connectivity index (χ3v) is 4.72. The number of carbonyl (C=O) groups excluding carboxylic acids is 1. The first kappa shape index (κ1) is 20.0. The van der Waals surface area contributed by atoms with E-state index >= 15 is 0 Å². The van der Waals surface area contributed by atoms with Crippen LogP contribution in [-0.4, -0.2) is 37.6 Å². The topological polar surface area (TPSA) is 57.3 Å². The second kappa shape index (κ2) is 9.27. The molecule has 1 amide bonds. The highest BCUT2D eigenvalue weighted by Crippen LogP contribution is 2.32. The van der Waals surface area contributed by atoms with Crippen molar-refractivity contribution in [1.29, 1.82) is 0 Å². The molecule has 5 nitrogen and oxygen atoms in total. The monoisotopic (exact) mass is 376 g/mol. The molecule has 128 valence electrons. The fourth-order valence-electron chi connectivity index (χ4n) is 2.50. The number of hydrogen-bond donors (Lipinski definition) is 2. The molecule has 1 aliphatic rings. The van der Waals surface area contributed by atoms with Crippen LogP contribution in [0.1, 0.15) is 19.3 Å². The Hall–Kier alpha value is -1.08. The van der Waals surface area contributed by atoms with Gasteiger partial charge in [0.05, 0.1) is 10.2 Å². The van der Waals surface area contributed by atoms with Crippen LogP contribution in [0.25, 0.3) is 10.2 Å². The van der Waals surface area contributed by atoms with Crippen LogP contribution < -0.4 is 15.5 Å². The normalized spacial score (nSPS) is 13.5. The maximum atomic E-state index is 11.8. The molecule has 0 saturated carbocycles. The molecule has 1 fully saturated rings. The predicted molar refractivity (Wildman–Crippen MR) is 103 cm³/mol. The number of carbonyl (C=O) groups is 1. The Morgan fingerprint density at radius 1 is 1.30 bits per heavy atom. The molecule has 0 radical (unpaired) electrons. The van der Waals surface area contributed by atoms with E-state index in [2.05, 4.69) is 20.5 Å². The summed E-state index contributed by atoms with van der Waals surface area (Å²) in [7, 11) is 1.84. The van der Waals surface area contributed by atoms with E-state index in [1.54, 1.807) is 11.3 Å². The molecular weight excluding hydrogens is 355 g/mol. The Morgan fingerprint density at radius 2 is 2.04 bits per heavy atom. The summed E-state index contributed by atoms with van der Waals surface area (Å²) in [5.41, 5.74) is 1.86. The van der Waals surface area contributed by atoms with Gasteiger partial charge in [-0.3, -0.25) is 4.79 Å². The van der Waals surface area contributed by atoms with E-state index in [1.807, 2.05) is 25.2 Å². The molecule has 2 heterocycles. The second-order valence-corrected chi connectivity index (χ2v) is 6.28. The second-order valence-electron chi connectivity index (χ2n) is 5.27. The number of nitrogens with zero attached hydrogens (tertiary/aromatic N) is 2. The van der Waals surface area contributed by atoms with Gasteiger partial charge in [0, 0.05) is 31.7 Å². The zero-order valence-corrected chi connectivity index (χ0v) is 15.5. The average Bonchev–Trinajstić information content (AvgIpc) is 3.13. The van der Waals surface area contributed by atoms with Gasteiger partial charge >= 0.3 is 0 Å². The molecule has 2 aromatic rings. The minimum absolute atomic E-state index is 0. The smallest absolute Gasteiger partial charge is 0.225 e. The highest BCUT2D eigenvalue weighted by Gasteiger charge is 2.16. The number of amides is 1. The van der Waals surface area contributed by atoms with Gasteiger partial charge in [-0.2, -0.15) is 0 Å². The van der Waals surface area contributed by atoms with E-state index in [9.17, 15) is 4.79 Å². The molecule has 0 atom stereocenters. The number of rotatable bonds is 5. The number of anilines is 2. The minimum atomic E-state index is 0. The van der Waals surface area contributed by atoms with Crippen LogP contribution in [0, 0.1) is 0 Å². The third-order valence-electron chi connectivity index (χ3n) is 3.64. The minimum Gasteiger partial charge on any atom is -0.348 e. The summed E-state index contributed by atoms with van der Waals surface area (Å²) in [5, 5.41) is 7.01. The maximum Gasteiger partial charge on any atom is 0.225 e. The van der Waals surface area contributed by atoms with Crippen LogP contribution in [0.15, 0.2) is 18.2 Å². The van der Waals surface area contributed by atoms with Gasteiger partial charge in [-0.25, -0.2) is 4.98 Å². The standard InChI is InChI=1S/C15H20N4OS.2ClH/c1-16-7-6-14(20)17-11-4-5-12-13(10-11)21-15(18-12)19-8-2-3-9-19;;/h4-5,10,16H,2-3,6-9H2,1H3,(H,17,20);2*1H. The van der Waals surface area contributed by atoms with E-state index < -0.39 is 0 Å². The molecule has 1 saturated heterocycles. The summed E-state index contributed by atoms with van der Waals surface area (Å²) in [4.78, 5) is 18.8. The Bertz CT molecular complexity index is 643. The Labute approximate surface area is 152 Å². The Kier molecular flexibility index (Phi) is 8.05. The molecule has 0 spiro atoms. The molecule has 23 heavy (non-hydrogen) atoms.